The van der Waals surface area contributed by atoms with E-state index >= 15 is 0 Å². The minimum atomic E-state index is -0.465. The highest BCUT2D eigenvalue weighted by molar-refractivity contribution is 6.06. The number of carbonyl (C=O) groups excluding carboxylic acids is 1. The van der Waals surface area contributed by atoms with Gasteiger partial charge in [0.25, 0.3) is 17.4 Å². The van der Waals surface area contributed by atoms with Gasteiger partial charge in [0.2, 0.25) is 5.82 Å². The van der Waals surface area contributed by atoms with E-state index in [1.165, 1.54) is 4.68 Å². The van der Waals surface area contributed by atoms with Crippen molar-refractivity contribution in [1.82, 2.24) is 19.5 Å². The number of carbonyl (C=O) groups is 1. The van der Waals surface area contributed by atoms with Gasteiger partial charge < -0.3 is 14.6 Å². The SMILES string of the molecule is Cc1ccc(-c2noc(COc3ccccc3C(=O)Nc3c(C)n(C)n(-c4ccccc4)c3=O)n2)cc1. The molecule has 9 heteroatoms. The molecule has 9 nitrogen and oxygen atoms in total. The largest absolute Gasteiger partial charge is 0.483 e. The number of ether oxygens (including phenoxy) is 1. The number of hydrogen-bond donors (Lipinski definition) is 1. The van der Waals surface area contributed by atoms with Crippen LogP contribution in [0.1, 0.15) is 27.5 Å². The summed E-state index contributed by atoms with van der Waals surface area (Å²) in [7, 11) is 1.77. The summed E-state index contributed by atoms with van der Waals surface area (Å²) >= 11 is 0. The lowest BCUT2D eigenvalue weighted by Crippen LogP contribution is -2.23. The number of amides is 1. The van der Waals surface area contributed by atoms with Crippen LogP contribution in [0, 0.1) is 13.8 Å². The molecule has 0 bridgehead atoms. The van der Waals surface area contributed by atoms with E-state index < -0.39 is 5.91 Å². The summed E-state index contributed by atoms with van der Waals surface area (Å²) in [4.78, 5) is 30.8. The molecule has 0 aliphatic carbocycles. The van der Waals surface area contributed by atoms with Crippen molar-refractivity contribution < 1.29 is 14.1 Å². The molecule has 186 valence electrons. The summed E-state index contributed by atoms with van der Waals surface area (Å²) in [5, 5.41) is 6.78. The van der Waals surface area contributed by atoms with Crippen molar-refractivity contribution in [2.75, 3.05) is 5.32 Å². The van der Waals surface area contributed by atoms with Crippen molar-refractivity contribution in [2.45, 2.75) is 20.5 Å². The van der Waals surface area contributed by atoms with Crippen molar-refractivity contribution in [1.29, 1.82) is 0 Å². The van der Waals surface area contributed by atoms with Crippen LogP contribution in [0.25, 0.3) is 17.1 Å². The quantitative estimate of drug-likeness (QED) is 0.352. The summed E-state index contributed by atoms with van der Waals surface area (Å²) in [5.74, 6) is 0.592. The molecule has 5 rings (SSSR count). The Morgan fingerprint density at radius 2 is 1.68 bits per heavy atom. The summed E-state index contributed by atoms with van der Waals surface area (Å²) in [5.41, 5.74) is 3.44. The van der Waals surface area contributed by atoms with Crippen LogP contribution in [0.2, 0.25) is 0 Å². The predicted octanol–water partition coefficient (Wildman–Crippen LogP) is 4.67. The average Bonchev–Trinajstić information content (AvgIpc) is 3.47. The monoisotopic (exact) mass is 495 g/mol. The third-order valence-corrected chi connectivity index (χ3v) is 6.05. The van der Waals surface area contributed by atoms with Crippen molar-refractivity contribution >= 4 is 11.6 Å². The molecule has 0 radical (unpaired) electrons. The first kappa shape index (κ1) is 23.8. The highest BCUT2D eigenvalue weighted by Crippen LogP contribution is 2.23. The van der Waals surface area contributed by atoms with Crippen LogP contribution in [0.3, 0.4) is 0 Å². The van der Waals surface area contributed by atoms with Crippen LogP contribution in [0.5, 0.6) is 5.75 Å². The van der Waals surface area contributed by atoms with E-state index in [1.54, 1.807) is 42.9 Å². The molecule has 0 aliphatic rings. The number of nitrogens with zero attached hydrogens (tertiary/aromatic N) is 4. The molecular formula is C28H25N5O4. The lowest BCUT2D eigenvalue weighted by atomic mass is 10.1. The third-order valence-electron chi connectivity index (χ3n) is 6.05. The number of hydrogen-bond acceptors (Lipinski definition) is 6. The molecule has 2 aromatic heterocycles. The molecule has 0 fully saturated rings. The number of anilines is 1. The first-order valence-electron chi connectivity index (χ1n) is 11.7. The molecule has 0 saturated carbocycles. The standard InChI is InChI=1S/C28H25N5O4/c1-18-13-15-20(16-14-18)26-29-24(37-31-26)17-36-23-12-8-7-11-22(23)27(34)30-25-19(2)32(3)33(28(25)35)21-9-5-4-6-10-21/h4-16H,17H2,1-3H3,(H,30,34). The molecule has 3 aromatic carbocycles. The third kappa shape index (κ3) is 4.79. The van der Waals surface area contributed by atoms with E-state index in [9.17, 15) is 9.59 Å². The second kappa shape index (κ2) is 9.98. The minimum absolute atomic E-state index is 0.0195. The van der Waals surface area contributed by atoms with Crippen LogP contribution >= 0.6 is 0 Å². The molecule has 0 spiro atoms. The van der Waals surface area contributed by atoms with Gasteiger partial charge in [-0.3, -0.25) is 14.3 Å². The topological polar surface area (TPSA) is 104 Å². The molecular weight excluding hydrogens is 470 g/mol. The molecule has 0 aliphatic heterocycles. The van der Waals surface area contributed by atoms with Gasteiger partial charge in [-0.1, -0.05) is 65.3 Å². The Bertz CT molecular complexity index is 1610. The van der Waals surface area contributed by atoms with E-state index in [2.05, 4.69) is 15.5 Å². The Labute approximate surface area is 212 Å². The molecule has 0 atom stereocenters. The zero-order valence-corrected chi connectivity index (χ0v) is 20.6. The van der Waals surface area contributed by atoms with Gasteiger partial charge in [-0.15, -0.1) is 0 Å². The van der Waals surface area contributed by atoms with Crippen molar-refractivity contribution in [3.05, 3.63) is 112 Å². The van der Waals surface area contributed by atoms with Gasteiger partial charge in [0.05, 0.1) is 16.9 Å². The smallest absolute Gasteiger partial charge is 0.295 e. The maximum atomic E-state index is 13.2. The second-order valence-electron chi connectivity index (χ2n) is 8.55. The maximum Gasteiger partial charge on any atom is 0.295 e. The Hall–Kier alpha value is -4.92. The number of benzene rings is 3. The maximum absolute atomic E-state index is 13.2. The Morgan fingerprint density at radius 3 is 2.43 bits per heavy atom. The van der Waals surface area contributed by atoms with Crippen LogP contribution in [-0.2, 0) is 13.7 Å². The number of aromatic nitrogens is 4. The Balaban J connectivity index is 1.34. The molecule has 1 amide bonds. The highest BCUT2D eigenvalue weighted by atomic mass is 16.5. The number of rotatable bonds is 7. The first-order chi connectivity index (χ1) is 17.9. The van der Waals surface area contributed by atoms with Crippen LogP contribution in [0.15, 0.2) is 88.2 Å². The Kier molecular flexibility index (Phi) is 6.42. The van der Waals surface area contributed by atoms with Crippen LogP contribution in [-0.4, -0.2) is 25.4 Å². The Morgan fingerprint density at radius 1 is 0.973 bits per heavy atom. The van der Waals surface area contributed by atoms with Crippen LogP contribution < -0.4 is 15.6 Å². The van der Waals surface area contributed by atoms with Gasteiger partial charge in [0.15, 0.2) is 6.61 Å². The van der Waals surface area contributed by atoms with Gasteiger partial charge in [0.1, 0.15) is 11.4 Å². The van der Waals surface area contributed by atoms with E-state index in [0.29, 0.717) is 23.0 Å². The van der Waals surface area contributed by atoms with Crippen LogP contribution in [0.4, 0.5) is 5.69 Å². The fourth-order valence-corrected chi connectivity index (χ4v) is 3.95. The molecule has 0 unspecified atom stereocenters. The molecule has 2 heterocycles. The summed E-state index contributed by atoms with van der Waals surface area (Å²) in [6.45, 7) is 3.76. The van der Waals surface area contributed by atoms with Gasteiger partial charge >= 0.3 is 0 Å². The first-order valence-corrected chi connectivity index (χ1v) is 11.7. The molecule has 5 aromatic rings. The fraction of sp³-hybridized carbons (Fsp3) is 0.143. The number of para-hydroxylation sites is 2. The van der Waals surface area contributed by atoms with E-state index in [0.717, 1.165) is 11.1 Å². The molecule has 0 saturated heterocycles. The molecule has 37 heavy (non-hydrogen) atoms. The normalized spacial score (nSPS) is 10.9. The average molecular weight is 496 g/mol. The van der Waals surface area contributed by atoms with Crippen molar-refractivity contribution in [3.63, 3.8) is 0 Å². The molecule has 1 N–H and O–H groups in total. The number of nitrogens with one attached hydrogen (secondary N) is 1. The lowest BCUT2D eigenvalue weighted by molar-refractivity contribution is 0.102. The van der Waals surface area contributed by atoms with Crippen molar-refractivity contribution in [3.8, 4) is 22.8 Å². The number of aryl methyl sites for hydroxylation is 1. The highest BCUT2D eigenvalue weighted by Gasteiger charge is 2.21. The zero-order chi connectivity index (χ0) is 25.9. The van der Waals surface area contributed by atoms with E-state index in [4.69, 9.17) is 9.26 Å². The van der Waals surface area contributed by atoms with Gasteiger partial charge in [-0.2, -0.15) is 4.98 Å². The summed E-state index contributed by atoms with van der Waals surface area (Å²) < 4.78 is 14.4. The van der Waals surface area contributed by atoms with Gasteiger partial charge in [-0.25, -0.2) is 4.68 Å². The summed E-state index contributed by atoms with van der Waals surface area (Å²) in [6.07, 6.45) is 0. The van der Waals surface area contributed by atoms with E-state index in [-0.39, 0.29) is 29.3 Å². The van der Waals surface area contributed by atoms with Gasteiger partial charge in [0, 0.05) is 12.6 Å². The van der Waals surface area contributed by atoms with Gasteiger partial charge in [-0.05, 0) is 38.1 Å². The second-order valence-corrected chi connectivity index (χ2v) is 8.55. The van der Waals surface area contributed by atoms with Crippen molar-refractivity contribution in [2.24, 2.45) is 7.05 Å². The van der Waals surface area contributed by atoms with E-state index in [1.807, 2.05) is 61.5 Å². The lowest BCUT2D eigenvalue weighted by Gasteiger charge is -2.10. The zero-order valence-electron chi connectivity index (χ0n) is 20.6. The summed E-state index contributed by atoms with van der Waals surface area (Å²) in [6, 6.07) is 23.8. The minimum Gasteiger partial charge on any atom is -0.483 e. The predicted molar refractivity (Wildman–Crippen MR) is 139 cm³/mol. The fourth-order valence-electron chi connectivity index (χ4n) is 3.95.